The van der Waals surface area contributed by atoms with Gasteiger partial charge < -0.3 is 19.9 Å². The van der Waals surface area contributed by atoms with Crippen molar-refractivity contribution < 1.29 is 24.2 Å². The number of rotatable bonds is 8. The highest BCUT2D eigenvalue weighted by Crippen LogP contribution is 2.30. The molecule has 1 rings (SSSR count). The molecule has 0 aliphatic heterocycles. The number of hydrogen-bond acceptors (Lipinski definition) is 4. The zero-order chi connectivity index (χ0) is 13.4. The van der Waals surface area contributed by atoms with E-state index in [0.29, 0.717) is 45.6 Å². The Balaban J connectivity index is 2.09. The van der Waals surface area contributed by atoms with Gasteiger partial charge in [0, 0.05) is 19.6 Å². The van der Waals surface area contributed by atoms with Crippen molar-refractivity contribution in [1.29, 1.82) is 0 Å². The summed E-state index contributed by atoms with van der Waals surface area (Å²) < 4.78 is 10.0. The molecular weight excluding hydrogens is 238 g/mol. The van der Waals surface area contributed by atoms with Crippen LogP contribution in [0.15, 0.2) is 0 Å². The van der Waals surface area contributed by atoms with Crippen molar-refractivity contribution in [3.8, 4) is 0 Å². The maximum absolute atomic E-state index is 11.7. The van der Waals surface area contributed by atoms with E-state index in [1.807, 2.05) is 0 Å². The molecule has 1 aliphatic rings. The van der Waals surface area contributed by atoms with Gasteiger partial charge in [-0.3, -0.25) is 9.59 Å². The van der Waals surface area contributed by atoms with Crippen molar-refractivity contribution in [2.24, 2.45) is 11.8 Å². The highest BCUT2D eigenvalue weighted by atomic mass is 16.5. The molecule has 1 amide bonds. The number of methoxy groups -OCH3 is 1. The fraction of sp³-hybridized carbons (Fsp3) is 0.833. The molecule has 1 aliphatic carbocycles. The van der Waals surface area contributed by atoms with Crippen molar-refractivity contribution in [1.82, 2.24) is 5.32 Å². The SMILES string of the molecule is COCCOCCNC(=O)[C@@H]1CC[C@H](C(=O)O)C1. The molecule has 1 fully saturated rings. The predicted octanol–water partition coefficient (Wildman–Crippen LogP) is 0.266. The van der Waals surface area contributed by atoms with Gasteiger partial charge in [-0.2, -0.15) is 0 Å². The zero-order valence-corrected chi connectivity index (χ0v) is 10.7. The summed E-state index contributed by atoms with van der Waals surface area (Å²) in [6.45, 7) is 1.95. The number of nitrogens with one attached hydrogen (secondary N) is 1. The molecule has 0 unspecified atom stereocenters. The molecular formula is C12H21NO5. The third-order valence-electron chi connectivity index (χ3n) is 3.13. The zero-order valence-electron chi connectivity index (χ0n) is 10.7. The Hall–Kier alpha value is -1.14. The third-order valence-corrected chi connectivity index (χ3v) is 3.13. The molecule has 2 N–H and O–H groups in total. The third kappa shape index (κ3) is 5.01. The Morgan fingerprint density at radius 2 is 1.94 bits per heavy atom. The molecule has 0 saturated heterocycles. The quantitative estimate of drug-likeness (QED) is 0.611. The Labute approximate surface area is 107 Å². The average Bonchev–Trinajstić information content (AvgIpc) is 2.83. The van der Waals surface area contributed by atoms with Gasteiger partial charge in [0.15, 0.2) is 0 Å². The van der Waals surface area contributed by atoms with Crippen molar-refractivity contribution in [2.45, 2.75) is 19.3 Å². The molecule has 2 atom stereocenters. The molecule has 0 radical (unpaired) electrons. The smallest absolute Gasteiger partial charge is 0.306 e. The first-order chi connectivity index (χ1) is 8.65. The largest absolute Gasteiger partial charge is 0.481 e. The van der Waals surface area contributed by atoms with Crippen LogP contribution in [0.5, 0.6) is 0 Å². The number of hydrogen-bond donors (Lipinski definition) is 2. The minimum Gasteiger partial charge on any atom is -0.481 e. The fourth-order valence-corrected chi connectivity index (χ4v) is 2.08. The van der Waals surface area contributed by atoms with E-state index in [4.69, 9.17) is 14.6 Å². The molecule has 104 valence electrons. The van der Waals surface area contributed by atoms with Crippen LogP contribution in [-0.2, 0) is 19.1 Å². The molecule has 0 aromatic rings. The summed E-state index contributed by atoms with van der Waals surface area (Å²) in [4.78, 5) is 22.5. The van der Waals surface area contributed by atoms with E-state index in [1.54, 1.807) is 7.11 Å². The minimum atomic E-state index is -0.798. The van der Waals surface area contributed by atoms with Gasteiger partial charge in [-0.1, -0.05) is 0 Å². The van der Waals surface area contributed by atoms with E-state index < -0.39 is 5.97 Å². The number of carbonyl (C=O) groups excluding carboxylic acids is 1. The van der Waals surface area contributed by atoms with E-state index in [2.05, 4.69) is 5.32 Å². The normalized spacial score (nSPS) is 22.9. The van der Waals surface area contributed by atoms with Crippen molar-refractivity contribution >= 4 is 11.9 Å². The van der Waals surface area contributed by atoms with Gasteiger partial charge in [0.25, 0.3) is 0 Å². The second kappa shape index (κ2) is 8.05. The lowest BCUT2D eigenvalue weighted by atomic mass is 10.0. The Bertz CT molecular complexity index is 282. The van der Waals surface area contributed by atoms with Gasteiger partial charge in [0.05, 0.1) is 25.7 Å². The van der Waals surface area contributed by atoms with Gasteiger partial charge >= 0.3 is 5.97 Å². The molecule has 6 heteroatoms. The number of ether oxygens (including phenoxy) is 2. The van der Waals surface area contributed by atoms with Crippen LogP contribution < -0.4 is 5.32 Å². The van der Waals surface area contributed by atoms with Crippen molar-refractivity contribution in [2.75, 3.05) is 33.5 Å². The second-order valence-corrected chi connectivity index (χ2v) is 4.44. The van der Waals surface area contributed by atoms with E-state index in [1.165, 1.54) is 0 Å². The lowest BCUT2D eigenvalue weighted by molar-refractivity contribution is -0.141. The van der Waals surface area contributed by atoms with Gasteiger partial charge in [-0.25, -0.2) is 0 Å². The maximum atomic E-state index is 11.7. The standard InChI is InChI=1S/C12H21NO5/c1-17-6-7-18-5-4-13-11(14)9-2-3-10(8-9)12(15)16/h9-10H,2-8H2,1H3,(H,13,14)(H,15,16)/t9-,10+/m1/s1. The van der Waals surface area contributed by atoms with Crippen LogP contribution in [0.2, 0.25) is 0 Å². The van der Waals surface area contributed by atoms with Crippen LogP contribution >= 0.6 is 0 Å². The molecule has 6 nitrogen and oxygen atoms in total. The van der Waals surface area contributed by atoms with E-state index in [-0.39, 0.29) is 17.7 Å². The Kier molecular flexibility index (Phi) is 6.67. The first-order valence-corrected chi connectivity index (χ1v) is 6.22. The first-order valence-electron chi connectivity index (χ1n) is 6.22. The molecule has 18 heavy (non-hydrogen) atoms. The summed E-state index contributed by atoms with van der Waals surface area (Å²) in [6.07, 6.45) is 1.71. The summed E-state index contributed by atoms with van der Waals surface area (Å²) in [5, 5.41) is 11.6. The molecule has 0 bridgehead atoms. The van der Waals surface area contributed by atoms with Gasteiger partial charge in [-0.15, -0.1) is 0 Å². The lowest BCUT2D eigenvalue weighted by Crippen LogP contribution is -2.32. The molecule has 0 aromatic carbocycles. The number of carboxylic acid groups (broad SMARTS) is 1. The Morgan fingerprint density at radius 1 is 1.22 bits per heavy atom. The summed E-state index contributed by atoms with van der Waals surface area (Å²) in [5.41, 5.74) is 0. The highest BCUT2D eigenvalue weighted by molar-refractivity contribution is 5.80. The van der Waals surface area contributed by atoms with E-state index in [0.717, 1.165) is 0 Å². The van der Waals surface area contributed by atoms with Crippen LogP contribution in [0.3, 0.4) is 0 Å². The van der Waals surface area contributed by atoms with Gasteiger partial charge in [-0.05, 0) is 19.3 Å². The van der Waals surface area contributed by atoms with Gasteiger partial charge in [0.1, 0.15) is 0 Å². The van der Waals surface area contributed by atoms with Crippen LogP contribution in [0.25, 0.3) is 0 Å². The van der Waals surface area contributed by atoms with Gasteiger partial charge in [0.2, 0.25) is 5.91 Å². The van der Waals surface area contributed by atoms with Crippen LogP contribution in [0.1, 0.15) is 19.3 Å². The van der Waals surface area contributed by atoms with Crippen molar-refractivity contribution in [3.63, 3.8) is 0 Å². The minimum absolute atomic E-state index is 0.0610. The Morgan fingerprint density at radius 3 is 2.56 bits per heavy atom. The molecule has 0 heterocycles. The number of carboxylic acids is 1. The van der Waals surface area contributed by atoms with Crippen LogP contribution in [0.4, 0.5) is 0 Å². The van der Waals surface area contributed by atoms with Crippen LogP contribution in [0, 0.1) is 11.8 Å². The van der Waals surface area contributed by atoms with E-state index in [9.17, 15) is 9.59 Å². The average molecular weight is 259 g/mol. The topological polar surface area (TPSA) is 84.9 Å². The summed E-state index contributed by atoms with van der Waals surface area (Å²) in [6, 6.07) is 0. The lowest BCUT2D eigenvalue weighted by Gasteiger charge is -2.10. The first kappa shape index (κ1) is 14.9. The fourth-order valence-electron chi connectivity index (χ4n) is 2.08. The highest BCUT2D eigenvalue weighted by Gasteiger charge is 2.33. The number of carbonyl (C=O) groups is 2. The predicted molar refractivity (Wildman–Crippen MR) is 64.2 cm³/mol. The summed E-state index contributed by atoms with van der Waals surface area (Å²) >= 11 is 0. The number of amides is 1. The van der Waals surface area contributed by atoms with Crippen molar-refractivity contribution in [3.05, 3.63) is 0 Å². The monoisotopic (exact) mass is 259 g/mol. The summed E-state index contributed by atoms with van der Waals surface area (Å²) in [7, 11) is 1.60. The molecule has 0 aromatic heterocycles. The number of aliphatic carboxylic acids is 1. The van der Waals surface area contributed by atoms with Crippen LogP contribution in [-0.4, -0.2) is 50.5 Å². The molecule has 0 spiro atoms. The molecule has 1 saturated carbocycles. The second-order valence-electron chi connectivity index (χ2n) is 4.44. The maximum Gasteiger partial charge on any atom is 0.306 e. The summed E-state index contributed by atoms with van der Waals surface area (Å²) in [5.74, 6) is -1.38. The van der Waals surface area contributed by atoms with E-state index >= 15 is 0 Å².